The molecular weight excluding hydrogens is 170 g/mol. The molecular formula is C5H13NO4S. The molecule has 0 aromatic carbocycles. The standard InChI is InChI=1S/C5H13NO4S/c1-2-3-6(4-5-7)11(8,9)10/h7H,2-5H2,1H3,(H,8,9,10). The van der Waals surface area contributed by atoms with Crippen molar-refractivity contribution in [3.05, 3.63) is 0 Å². The Morgan fingerprint density at radius 2 is 1.91 bits per heavy atom. The van der Waals surface area contributed by atoms with Crippen molar-refractivity contribution < 1.29 is 18.1 Å². The largest absolute Gasteiger partial charge is 0.395 e. The maximum atomic E-state index is 10.5. The molecule has 11 heavy (non-hydrogen) atoms. The smallest absolute Gasteiger partial charge is 0.335 e. The summed E-state index contributed by atoms with van der Waals surface area (Å²) in [6, 6.07) is 0. The number of hydrogen-bond donors (Lipinski definition) is 2. The zero-order chi connectivity index (χ0) is 8.91. The molecule has 0 aromatic heterocycles. The minimum atomic E-state index is -4.12. The molecule has 0 saturated heterocycles. The van der Waals surface area contributed by atoms with Gasteiger partial charge in [-0.2, -0.15) is 12.7 Å². The molecule has 0 spiro atoms. The van der Waals surface area contributed by atoms with Crippen LogP contribution in [-0.4, -0.2) is 42.1 Å². The van der Waals surface area contributed by atoms with E-state index in [9.17, 15) is 8.42 Å². The van der Waals surface area contributed by atoms with Gasteiger partial charge in [0.25, 0.3) is 0 Å². The van der Waals surface area contributed by atoms with E-state index in [1.807, 2.05) is 0 Å². The van der Waals surface area contributed by atoms with Gasteiger partial charge in [-0.1, -0.05) is 6.92 Å². The average molecular weight is 183 g/mol. The fourth-order valence-electron chi connectivity index (χ4n) is 0.703. The molecule has 0 unspecified atom stereocenters. The van der Waals surface area contributed by atoms with E-state index in [1.165, 1.54) is 0 Å². The van der Waals surface area contributed by atoms with Crippen LogP contribution in [0.25, 0.3) is 0 Å². The second-order valence-electron chi connectivity index (χ2n) is 2.10. The van der Waals surface area contributed by atoms with Gasteiger partial charge in [0.15, 0.2) is 0 Å². The van der Waals surface area contributed by atoms with Crippen LogP contribution in [0, 0.1) is 0 Å². The highest BCUT2D eigenvalue weighted by Crippen LogP contribution is 1.97. The summed E-state index contributed by atoms with van der Waals surface area (Å²) < 4.78 is 30.3. The zero-order valence-electron chi connectivity index (χ0n) is 6.39. The summed E-state index contributed by atoms with van der Waals surface area (Å²) >= 11 is 0. The highest BCUT2D eigenvalue weighted by atomic mass is 32.2. The van der Waals surface area contributed by atoms with E-state index in [1.54, 1.807) is 6.92 Å². The lowest BCUT2D eigenvalue weighted by Crippen LogP contribution is -2.33. The van der Waals surface area contributed by atoms with E-state index >= 15 is 0 Å². The Kier molecular flexibility index (Phi) is 4.58. The molecule has 0 radical (unpaired) electrons. The molecule has 0 heterocycles. The summed E-state index contributed by atoms with van der Waals surface area (Å²) in [5.41, 5.74) is 0. The number of aliphatic hydroxyl groups is 1. The maximum absolute atomic E-state index is 10.5. The van der Waals surface area contributed by atoms with Crippen LogP contribution >= 0.6 is 0 Å². The topological polar surface area (TPSA) is 77.8 Å². The first-order valence-corrected chi connectivity index (χ1v) is 4.75. The molecule has 0 fully saturated rings. The number of rotatable bonds is 5. The Morgan fingerprint density at radius 1 is 1.36 bits per heavy atom. The van der Waals surface area contributed by atoms with E-state index < -0.39 is 10.3 Å². The van der Waals surface area contributed by atoms with Gasteiger partial charge in [-0.15, -0.1) is 0 Å². The Hall–Kier alpha value is -0.170. The average Bonchev–Trinajstić information content (AvgIpc) is 1.85. The SMILES string of the molecule is CCCN(CCO)S(=O)(=O)O. The van der Waals surface area contributed by atoms with Crippen LogP contribution in [0.2, 0.25) is 0 Å². The quantitative estimate of drug-likeness (QED) is 0.563. The Morgan fingerprint density at radius 3 is 2.18 bits per heavy atom. The lowest BCUT2D eigenvalue weighted by molar-refractivity contribution is 0.243. The third kappa shape index (κ3) is 4.31. The van der Waals surface area contributed by atoms with Crippen molar-refractivity contribution in [2.75, 3.05) is 19.7 Å². The first-order valence-electron chi connectivity index (χ1n) is 3.35. The van der Waals surface area contributed by atoms with Crippen LogP contribution in [0.4, 0.5) is 0 Å². The molecule has 5 nitrogen and oxygen atoms in total. The molecule has 0 aliphatic heterocycles. The Balaban J connectivity index is 4.11. The molecule has 68 valence electrons. The van der Waals surface area contributed by atoms with Crippen LogP contribution < -0.4 is 0 Å². The molecule has 0 aliphatic carbocycles. The lowest BCUT2D eigenvalue weighted by atomic mass is 10.5. The summed E-state index contributed by atoms with van der Waals surface area (Å²) in [6.07, 6.45) is 0.611. The molecule has 0 amide bonds. The van der Waals surface area contributed by atoms with Crippen LogP contribution in [-0.2, 0) is 10.3 Å². The van der Waals surface area contributed by atoms with Crippen molar-refractivity contribution in [1.82, 2.24) is 4.31 Å². The van der Waals surface area contributed by atoms with Crippen LogP contribution in [0.5, 0.6) is 0 Å². The van der Waals surface area contributed by atoms with E-state index in [0.29, 0.717) is 6.42 Å². The third-order valence-electron chi connectivity index (χ3n) is 1.15. The minimum absolute atomic E-state index is 0.0489. The fraction of sp³-hybridized carbons (Fsp3) is 1.00. The van der Waals surface area contributed by atoms with Crippen molar-refractivity contribution in [3.8, 4) is 0 Å². The summed E-state index contributed by atoms with van der Waals surface area (Å²) in [5, 5.41) is 8.41. The Bertz CT molecular complexity index is 183. The zero-order valence-corrected chi connectivity index (χ0v) is 7.21. The van der Waals surface area contributed by atoms with Crippen LogP contribution in [0.3, 0.4) is 0 Å². The van der Waals surface area contributed by atoms with Gasteiger partial charge in [0, 0.05) is 13.1 Å². The lowest BCUT2D eigenvalue weighted by Gasteiger charge is -2.15. The highest BCUT2D eigenvalue weighted by Gasteiger charge is 2.15. The molecule has 0 aromatic rings. The summed E-state index contributed by atoms with van der Waals surface area (Å²) in [7, 11) is -4.12. The van der Waals surface area contributed by atoms with E-state index in [-0.39, 0.29) is 19.7 Å². The summed E-state index contributed by atoms with van der Waals surface area (Å²) in [4.78, 5) is 0. The predicted molar refractivity (Wildman–Crippen MR) is 40.5 cm³/mol. The van der Waals surface area contributed by atoms with Crippen molar-refractivity contribution in [2.45, 2.75) is 13.3 Å². The number of aliphatic hydroxyl groups excluding tert-OH is 1. The maximum Gasteiger partial charge on any atom is 0.335 e. The summed E-state index contributed by atoms with van der Waals surface area (Å²) in [5.74, 6) is 0. The van der Waals surface area contributed by atoms with Crippen LogP contribution in [0.1, 0.15) is 13.3 Å². The van der Waals surface area contributed by atoms with Gasteiger partial charge in [-0.05, 0) is 6.42 Å². The van der Waals surface area contributed by atoms with E-state index in [2.05, 4.69) is 0 Å². The van der Waals surface area contributed by atoms with Gasteiger partial charge in [0.1, 0.15) is 0 Å². The number of hydrogen-bond acceptors (Lipinski definition) is 3. The molecule has 0 atom stereocenters. The number of nitrogens with zero attached hydrogens (tertiary/aromatic N) is 1. The monoisotopic (exact) mass is 183 g/mol. The molecule has 2 N–H and O–H groups in total. The molecule has 6 heteroatoms. The highest BCUT2D eigenvalue weighted by molar-refractivity contribution is 7.83. The molecule has 0 rings (SSSR count). The van der Waals surface area contributed by atoms with Gasteiger partial charge in [0.2, 0.25) is 0 Å². The molecule has 0 saturated carbocycles. The van der Waals surface area contributed by atoms with E-state index in [0.717, 1.165) is 4.31 Å². The fourth-order valence-corrected chi connectivity index (χ4v) is 1.43. The van der Waals surface area contributed by atoms with Gasteiger partial charge >= 0.3 is 10.3 Å². The van der Waals surface area contributed by atoms with Crippen LogP contribution in [0.15, 0.2) is 0 Å². The van der Waals surface area contributed by atoms with Crippen molar-refractivity contribution in [2.24, 2.45) is 0 Å². The van der Waals surface area contributed by atoms with Gasteiger partial charge in [-0.3, -0.25) is 4.55 Å². The van der Waals surface area contributed by atoms with Gasteiger partial charge in [0.05, 0.1) is 6.61 Å². The van der Waals surface area contributed by atoms with E-state index in [4.69, 9.17) is 9.66 Å². The predicted octanol–water partition coefficient (Wildman–Crippen LogP) is -0.506. The van der Waals surface area contributed by atoms with Gasteiger partial charge in [-0.25, -0.2) is 0 Å². The molecule has 0 aliphatic rings. The minimum Gasteiger partial charge on any atom is -0.395 e. The first kappa shape index (κ1) is 10.8. The third-order valence-corrected chi connectivity index (χ3v) is 2.17. The van der Waals surface area contributed by atoms with Gasteiger partial charge < -0.3 is 5.11 Å². The molecule has 0 bridgehead atoms. The first-order chi connectivity index (χ1) is 5.02. The second-order valence-corrected chi connectivity index (χ2v) is 3.51. The van der Waals surface area contributed by atoms with Crippen molar-refractivity contribution in [1.29, 1.82) is 0 Å². The Labute approximate surface area is 66.5 Å². The van der Waals surface area contributed by atoms with Crippen molar-refractivity contribution >= 4 is 10.3 Å². The normalized spacial score (nSPS) is 12.4. The second kappa shape index (κ2) is 4.66. The van der Waals surface area contributed by atoms with Crippen molar-refractivity contribution in [3.63, 3.8) is 0 Å². The summed E-state index contributed by atoms with van der Waals surface area (Å²) in [6.45, 7) is 1.70.